The van der Waals surface area contributed by atoms with Crippen molar-refractivity contribution in [2.45, 2.75) is 0 Å². The van der Waals surface area contributed by atoms with Crippen LogP contribution in [0.3, 0.4) is 0 Å². The van der Waals surface area contributed by atoms with Crippen LogP contribution in [0.5, 0.6) is 0 Å². The summed E-state index contributed by atoms with van der Waals surface area (Å²) in [5.74, 6) is -0.199. The van der Waals surface area contributed by atoms with Crippen molar-refractivity contribution in [1.29, 1.82) is 0 Å². The Kier molecular flexibility index (Phi) is 3.44. The van der Waals surface area contributed by atoms with E-state index in [1.807, 2.05) is 14.1 Å². The van der Waals surface area contributed by atoms with Crippen LogP contribution >= 0.6 is 0 Å². The van der Waals surface area contributed by atoms with Crippen LogP contribution in [0.25, 0.3) is 0 Å². The Morgan fingerprint density at radius 3 is 2.00 bits per heavy atom. The van der Waals surface area contributed by atoms with Gasteiger partial charge in [-0.05, 0) is 0 Å². The first-order valence-electron chi connectivity index (χ1n) is 4.24. The van der Waals surface area contributed by atoms with E-state index in [1.165, 1.54) is 0 Å². The largest absolute Gasteiger partial charge is 0.473 e. The highest BCUT2D eigenvalue weighted by Gasteiger charge is 2.20. The lowest BCUT2D eigenvalue weighted by atomic mass is 10.6. The van der Waals surface area contributed by atoms with Crippen molar-refractivity contribution < 1.29 is 14.3 Å². The molecular weight excluding hydrogens is 186 g/mol. The van der Waals surface area contributed by atoms with E-state index in [-0.39, 0.29) is 18.5 Å². The predicted octanol–water partition coefficient (Wildman–Crippen LogP) is -0.445. The van der Waals surface area contributed by atoms with E-state index in [9.17, 15) is 9.59 Å². The lowest BCUT2D eigenvalue weighted by Gasteiger charge is -2.07. The molecule has 0 radical (unpaired) electrons. The van der Waals surface area contributed by atoms with E-state index in [1.54, 1.807) is 9.80 Å². The normalized spacial score (nSPS) is 19.6. The molecule has 0 atom stereocenters. The second-order valence-corrected chi connectivity index (χ2v) is 3.06. The van der Waals surface area contributed by atoms with Crippen molar-refractivity contribution in [1.82, 2.24) is 9.80 Å². The SMILES string of the molecule is CN1CCN(C)C1=O.O=C1COC=N1. The number of ether oxygens (including phenoxy) is 1. The number of carbonyl (C=O) groups is 2. The number of hydrogen-bond donors (Lipinski definition) is 0. The molecule has 3 amide bonds. The lowest BCUT2D eigenvalue weighted by Crippen LogP contribution is -2.25. The van der Waals surface area contributed by atoms with E-state index in [0.29, 0.717) is 0 Å². The molecular formula is C8H13N3O3. The standard InChI is InChI=1S/C5H10N2O.C3H3NO2/c1-6-3-4-7(2)5(6)8;5-3-1-6-2-4-3/h3-4H2,1-2H3;2H,1H2. The van der Waals surface area contributed by atoms with Crippen LogP contribution < -0.4 is 0 Å². The van der Waals surface area contributed by atoms with Crippen molar-refractivity contribution >= 4 is 18.3 Å². The molecule has 14 heavy (non-hydrogen) atoms. The maximum atomic E-state index is 10.8. The molecule has 1 fully saturated rings. The van der Waals surface area contributed by atoms with Gasteiger partial charge in [-0.25, -0.2) is 4.79 Å². The molecule has 0 aliphatic carbocycles. The topological polar surface area (TPSA) is 62.2 Å². The third kappa shape index (κ3) is 2.72. The number of likely N-dealkylation sites (N-methyl/N-ethyl adjacent to an activating group) is 2. The summed E-state index contributed by atoms with van der Waals surface area (Å²) in [5, 5.41) is 0. The van der Waals surface area contributed by atoms with Crippen molar-refractivity contribution in [3.8, 4) is 0 Å². The molecule has 0 spiro atoms. The number of rotatable bonds is 0. The number of hydrogen-bond acceptors (Lipinski definition) is 3. The highest BCUT2D eigenvalue weighted by Crippen LogP contribution is 2.00. The lowest BCUT2D eigenvalue weighted by molar-refractivity contribution is -0.118. The number of carbonyl (C=O) groups excluding carboxylic acids is 2. The van der Waals surface area contributed by atoms with Gasteiger partial charge in [0.2, 0.25) is 0 Å². The number of aliphatic imine (C=N–C) groups is 1. The van der Waals surface area contributed by atoms with Crippen LogP contribution in [0.1, 0.15) is 0 Å². The smallest absolute Gasteiger partial charge is 0.319 e. The van der Waals surface area contributed by atoms with Crippen molar-refractivity contribution in [3.05, 3.63) is 0 Å². The zero-order chi connectivity index (χ0) is 10.6. The van der Waals surface area contributed by atoms with Gasteiger partial charge in [0.05, 0.1) is 0 Å². The Morgan fingerprint density at radius 1 is 1.29 bits per heavy atom. The molecule has 6 nitrogen and oxygen atoms in total. The van der Waals surface area contributed by atoms with E-state index < -0.39 is 0 Å². The summed E-state index contributed by atoms with van der Waals surface area (Å²) in [5.41, 5.74) is 0. The number of urea groups is 1. The minimum absolute atomic E-state index is 0.125. The minimum Gasteiger partial charge on any atom is -0.473 e. The Labute approximate surface area is 82.1 Å². The van der Waals surface area contributed by atoms with Gasteiger partial charge in [0.25, 0.3) is 5.91 Å². The number of amides is 3. The van der Waals surface area contributed by atoms with Gasteiger partial charge in [0, 0.05) is 27.2 Å². The summed E-state index contributed by atoms with van der Waals surface area (Å²) in [7, 11) is 3.62. The third-order valence-electron chi connectivity index (χ3n) is 1.90. The predicted molar refractivity (Wildman–Crippen MR) is 50.1 cm³/mol. The van der Waals surface area contributed by atoms with Crippen LogP contribution in [0, 0.1) is 0 Å². The summed E-state index contributed by atoms with van der Waals surface area (Å²) >= 11 is 0. The van der Waals surface area contributed by atoms with Gasteiger partial charge in [-0.15, -0.1) is 0 Å². The molecule has 1 saturated heterocycles. The van der Waals surface area contributed by atoms with Crippen molar-refractivity contribution in [2.24, 2.45) is 4.99 Å². The first kappa shape index (κ1) is 10.5. The highest BCUT2D eigenvalue weighted by atomic mass is 16.5. The fraction of sp³-hybridized carbons (Fsp3) is 0.625. The van der Waals surface area contributed by atoms with Gasteiger partial charge >= 0.3 is 6.03 Å². The molecule has 78 valence electrons. The zero-order valence-corrected chi connectivity index (χ0v) is 8.27. The Bertz CT molecular complexity index is 253. The van der Waals surface area contributed by atoms with Crippen LogP contribution in [-0.2, 0) is 9.53 Å². The Hall–Kier alpha value is -1.59. The van der Waals surface area contributed by atoms with E-state index >= 15 is 0 Å². The maximum Gasteiger partial charge on any atom is 0.319 e. The van der Waals surface area contributed by atoms with Crippen molar-refractivity contribution in [3.63, 3.8) is 0 Å². The Morgan fingerprint density at radius 2 is 1.86 bits per heavy atom. The van der Waals surface area contributed by atoms with E-state index in [4.69, 9.17) is 0 Å². The molecule has 0 saturated carbocycles. The fourth-order valence-electron chi connectivity index (χ4n) is 1.02. The highest BCUT2D eigenvalue weighted by molar-refractivity contribution is 5.88. The minimum atomic E-state index is -0.199. The average molecular weight is 199 g/mol. The Balaban J connectivity index is 0.000000146. The molecule has 0 bridgehead atoms. The molecule has 6 heteroatoms. The van der Waals surface area contributed by atoms with Crippen LogP contribution in [0.2, 0.25) is 0 Å². The van der Waals surface area contributed by atoms with E-state index in [0.717, 1.165) is 19.5 Å². The zero-order valence-electron chi connectivity index (χ0n) is 8.27. The first-order chi connectivity index (χ1) is 6.61. The summed E-state index contributed by atoms with van der Waals surface area (Å²) in [6.45, 7) is 1.87. The van der Waals surface area contributed by atoms with Gasteiger partial charge in [-0.3, -0.25) is 4.79 Å². The second kappa shape index (κ2) is 4.59. The van der Waals surface area contributed by atoms with Crippen LogP contribution in [-0.4, -0.2) is 61.9 Å². The van der Waals surface area contributed by atoms with Gasteiger partial charge in [0.1, 0.15) is 0 Å². The molecule has 0 unspecified atom stereocenters. The summed E-state index contributed by atoms with van der Waals surface area (Å²) in [6, 6.07) is 0.130. The number of nitrogens with zero attached hydrogens (tertiary/aromatic N) is 3. The van der Waals surface area contributed by atoms with Gasteiger partial charge in [-0.2, -0.15) is 4.99 Å². The summed E-state index contributed by atoms with van der Waals surface area (Å²) < 4.78 is 4.42. The monoisotopic (exact) mass is 199 g/mol. The molecule has 0 aromatic carbocycles. The molecule has 0 aromatic rings. The van der Waals surface area contributed by atoms with E-state index in [2.05, 4.69) is 9.73 Å². The molecule has 2 heterocycles. The van der Waals surface area contributed by atoms with Crippen LogP contribution in [0.15, 0.2) is 4.99 Å². The molecule has 2 aliphatic rings. The summed E-state index contributed by atoms with van der Waals surface area (Å²) in [4.78, 5) is 27.3. The first-order valence-corrected chi connectivity index (χ1v) is 4.24. The van der Waals surface area contributed by atoms with Gasteiger partial charge < -0.3 is 14.5 Å². The third-order valence-corrected chi connectivity index (χ3v) is 1.90. The van der Waals surface area contributed by atoms with Gasteiger partial charge in [-0.1, -0.05) is 0 Å². The van der Waals surface area contributed by atoms with Gasteiger partial charge in [0.15, 0.2) is 13.0 Å². The van der Waals surface area contributed by atoms with Crippen LogP contribution in [0.4, 0.5) is 4.79 Å². The maximum absolute atomic E-state index is 10.8. The average Bonchev–Trinajstić information content (AvgIpc) is 2.73. The van der Waals surface area contributed by atoms with Crippen molar-refractivity contribution in [2.75, 3.05) is 33.8 Å². The fourth-order valence-corrected chi connectivity index (χ4v) is 1.02. The molecule has 2 aliphatic heterocycles. The second-order valence-electron chi connectivity index (χ2n) is 3.06. The molecule has 0 N–H and O–H groups in total. The quantitative estimate of drug-likeness (QED) is 0.531. The molecule has 0 aromatic heterocycles. The molecule has 2 rings (SSSR count). The summed E-state index contributed by atoms with van der Waals surface area (Å²) in [6.07, 6.45) is 1.16.